The van der Waals surface area contributed by atoms with Crippen LogP contribution in [0.1, 0.15) is 92.4 Å². The number of amides is 2. The van der Waals surface area contributed by atoms with Gasteiger partial charge in [0.1, 0.15) is 5.75 Å². The SMILES string of the molecule is CCCCCCCCCC(=O)Oc1ccc(N2C(=O)C3C4c5ccccc5C(c5ccccc54)C3C2=O)cc1. The molecule has 5 heteroatoms. The topological polar surface area (TPSA) is 63.7 Å². The molecule has 3 aliphatic carbocycles. The maximum absolute atomic E-state index is 13.9. The molecule has 0 saturated carbocycles. The second kappa shape index (κ2) is 10.8. The molecule has 2 bridgehead atoms. The largest absolute Gasteiger partial charge is 0.427 e. The first-order valence-electron chi connectivity index (χ1n) is 14.5. The molecule has 1 heterocycles. The van der Waals surface area contributed by atoms with Gasteiger partial charge in [0.25, 0.3) is 0 Å². The van der Waals surface area contributed by atoms with Gasteiger partial charge < -0.3 is 4.74 Å². The van der Waals surface area contributed by atoms with Crippen LogP contribution in [0.4, 0.5) is 5.69 Å². The number of ether oxygens (including phenoxy) is 1. The molecule has 2 amide bonds. The van der Waals surface area contributed by atoms with Gasteiger partial charge in [0.2, 0.25) is 11.8 Å². The molecule has 1 saturated heterocycles. The van der Waals surface area contributed by atoms with Gasteiger partial charge >= 0.3 is 5.97 Å². The Bertz CT molecular complexity index is 1280. The highest BCUT2D eigenvalue weighted by molar-refractivity contribution is 6.23. The summed E-state index contributed by atoms with van der Waals surface area (Å²) < 4.78 is 5.53. The summed E-state index contributed by atoms with van der Waals surface area (Å²) in [6.45, 7) is 2.21. The van der Waals surface area contributed by atoms with Gasteiger partial charge in [0.05, 0.1) is 17.5 Å². The number of anilines is 1. The molecule has 2 unspecified atom stereocenters. The molecule has 0 radical (unpaired) electrons. The monoisotopic (exact) mass is 521 g/mol. The van der Waals surface area contributed by atoms with E-state index in [-0.39, 0.29) is 29.6 Å². The molecule has 1 aliphatic heterocycles. The summed E-state index contributed by atoms with van der Waals surface area (Å²) in [5.74, 6) is -1.17. The Balaban J connectivity index is 1.15. The molecule has 3 aromatic carbocycles. The summed E-state index contributed by atoms with van der Waals surface area (Å²) >= 11 is 0. The highest BCUT2D eigenvalue weighted by atomic mass is 16.5. The smallest absolute Gasteiger partial charge is 0.311 e. The first-order valence-corrected chi connectivity index (χ1v) is 14.5. The molecule has 3 aromatic rings. The van der Waals surface area contributed by atoms with Gasteiger partial charge in [-0.25, -0.2) is 4.90 Å². The second-order valence-electron chi connectivity index (χ2n) is 11.1. The number of rotatable bonds is 10. The number of carbonyl (C=O) groups is 3. The van der Waals surface area contributed by atoms with E-state index in [0.29, 0.717) is 17.9 Å². The molecular formula is C34H35NO4. The van der Waals surface area contributed by atoms with Crippen LogP contribution >= 0.6 is 0 Å². The molecule has 0 spiro atoms. The number of nitrogens with zero attached hydrogens (tertiary/aromatic N) is 1. The second-order valence-corrected chi connectivity index (χ2v) is 11.1. The number of carbonyl (C=O) groups excluding carboxylic acids is 3. The number of hydrogen-bond donors (Lipinski definition) is 0. The van der Waals surface area contributed by atoms with Gasteiger partial charge in [-0.15, -0.1) is 0 Å². The Labute approximate surface area is 230 Å². The number of benzene rings is 3. The molecule has 39 heavy (non-hydrogen) atoms. The van der Waals surface area contributed by atoms with Crippen molar-refractivity contribution in [2.75, 3.05) is 4.90 Å². The molecule has 0 N–H and O–H groups in total. The Hall–Kier alpha value is -3.73. The van der Waals surface area contributed by atoms with Crippen LogP contribution < -0.4 is 9.64 Å². The van der Waals surface area contributed by atoms with Crippen molar-refractivity contribution < 1.29 is 19.1 Å². The van der Waals surface area contributed by atoms with Crippen molar-refractivity contribution in [3.8, 4) is 5.75 Å². The Morgan fingerprint density at radius 2 is 1.13 bits per heavy atom. The lowest BCUT2D eigenvalue weighted by molar-refractivity contribution is -0.134. The number of esters is 1. The van der Waals surface area contributed by atoms with Crippen molar-refractivity contribution in [2.24, 2.45) is 11.8 Å². The number of hydrogen-bond acceptors (Lipinski definition) is 4. The number of imide groups is 1. The molecule has 7 rings (SSSR count). The fourth-order valence-corrected chi connectivity index (χ4v) is 7.00. The minimum Gasteiger partial charge on any atom is -0.427 e. The lowest BCUT2D eigenvalue weighted by Gasteiger charge is -2.45. The fraction of sp³-hybridized carbons (Fsp3) is 0.382. The van der Waals surface area contributed by atoms with E-state index in [1.165, 1.54) is 30.6 Å². The standard InChI is InChI=1S/C34H35NO4/c1-2-3-4-5-6-7-8-17-28(36)39-23-20-18-22(19-21-23)35-33(37)31-29-24-13-9-10-14-25(24)30(32(31)34(35)38)27-16-12-11-15-26(27)29/h9-16,18-21,29-32H,2-8,17H2,1H3. The number of unbranched alkanes of at least 4 members (excludes halogenated alkanes) is 6. The minimum atomic E-state index is -0.410. The predicted octanol–water partition coefficient (Wildman–Crippen LogP) is 7.13. The molecule has 200 valence electrons. The van der Waals surface area contributed by atoms with Gasteiger partial charge in [-0.05, 0) is 52.9 Å². The van der Waals surface area contributed by atoms with E-state index in [1.54, 1.807) is 24.3 Å². The lowest BCUT2D eigenvalue weighted by atomic mass is 9.55. The highest BCUT2D eigenvalue weighted by Crippen LogP contribution is 2.61. The molecule has 1 fully saturated rings. The van der Waals surface area contributed by atoms with Crippen molar-refractivity contribution in [3.63, 3.8) is 0 Å². The van der Waals surface area contributed by atoms with Crippen LogP contribution in [0.2, 0.25) is 0 Å². The van der Waals surface area contributed by atoms with Crippen molar-refractivity contribution in [3.05, 3.63) is 95.1 Å². The first kappa shape index (κ1) is 25.5. The van der Waals surface area contributed by atoms with Crippen molar-refractivity contribution in [1.82, 2.24) is 0 Å². The molecule has 4 aliphatic rings. The predicted molar refractivity (Wildman–Crippen MR) is 151 cm³/mol. The van der Waals surface area contributed by atoms with E-state index in [2.05, 4.69) is 31.2 Å². The third kappa shape index (κ3) is 4.48. The third-order valence-electron chi connectivity index (χ3n) is 8.76. The van der Waals surface area contributed by atoms with Crippen molar-refractivity contribution >= 4 is 23.5 Å². The lowest BCUT2D eigenvalue weighted by Crippen LogP contribution is -2.41. The van der Waals surface area contributed by atoms with E-state index in [0.717, 1.165) is 41.5 Å². The van der Waals surface area contributed by atoms with Gasteiger partial charge in [0, 0.05) is 18.3 Å². The molecular weight excluding hydrogens is 486 g/mol. The zero-order valence-corrected chi connectivity index (χ0v) is 22.5. The van der Waals surface area contributed by atoms with Crippen LogP contribution in [0.15, 0.2) is 72.8 Å². The van der Waals surface area contributed by atoms with Crippen LogP contribution in [0.25, 0.3) is 0 Å². The Morgan fingerprint density at radius 3 is 1.62 bits per heavy atom. The van der Waals surface area contributed by atoms with E-state index >= 15 is 0 Å². The van der Waals surface area contributed by atoms with Crippen molar-refractivity contribution in [2.45, 2.75) is 70.1 Å². The fourth-order valence-electron chi connectivity index (χ4n) is 7.00. The van der Waals surface area contributed by atoms with Crippen molar-refractivity contribution in [1.29, 1.82) is 0 Å². The van der Waals surface area contributed by atoms with Gasteiger partial charge in [-0.2, -0.15) is 0 Å². The zero-order chi connectivity index (χ0) is 26.9. The summed E-state index contributed by atoms with van der Waals surface area (Å²) in [6, 6.07) is 23.3. The third-order valence-corrected chi connectivity index (χ3v) is 8.76. The van der Waals surface area contributed by atoms with Crippen LogP contribution in [-0.2, 0) is 14.4 Å². The van der Waals surface area contributed by atoms with Gasteiger partial charge in [0.15, 0.2) is 0 Å². The zero-order valence-electron chi connectivity index (χ0n) is 22.5. The van der Waals surface area contributed by atoms with E-state index < -0.39 is 11.8 Å². The Morgan fingerprint density at radius 1 is 0.667 bits per heavy atom. The summed E-state index contributed by atoms with van der Waals surface area (Å²) in [6.07, 6.45) is 8.40. The first-order chi connectivity index (χ1) is 19.1. The van der Waals surface area contributed by atoms with Crippen LogP contribution in [0.5, 0.6) is 5.75 Å². The summed E-state index contributed by atoms with van der Waals surface area (Å²) in [4.78, 5) is 41.4. The normalized spacial score (nSPS) is 22.4. The highest BCUT2D eigenvalue weighted by Gasteiger charge is 2.61. The Kier molecular flexibility index (Phi) is 7.07. The van der Waals surface area contributed by atoms with E-state index in [4.69, 9.17) is 4.74 Å². The van der Waals surface area contributed by atoms with Gasteiger partial charge in [-0.3, -0.25) is 14.4 Å². The van der Waals surface area contributed by atoms with Crippen LogP contribution in [0, 0.1) is 11.8 Å². The minimum absolute atomic E-state index is 0.124. The maximum atomic E-state index is 13.9. The van der Waals surface area contributed by atoms with Gasteiger partial charge in [-0.1, -0.05) is 94.0 Å². The summed E-state index contributed by atoms with van der Waals surface area (Å²) in [5, 5.41) is 0. The average molecular weight is 522 g/mol. The van der Waals surface area contributed by atoms with Crippen LogP contribution in [-0.4, -0.2) is 17.8 Å². The summed E-state index contributed by atoms with van der Waals surface area (Å²) in [5.41, 5.74) is 5.17. The quantitative estimate of drug-likeness (QED) is 0.123. The molecule has 2 atom stereocenters. The molecule has 0 aromatic heterocycles. The average Bonchev–Trinajstić information content (AvgIpc) is 3.23. The van der Waals surface area contributed by atoms with E-state index in [9.17, 15) is 14.4 Å². The molecule has 5 nitrogen and oxygen atoms in total. The summed E-state index contributed by atoms with van der Waals surface area (Å²) in [7, 11) is 0. The maximum Gasteiger partial charge on any atom is 0.311 e. The van der Waals surface area contributed by atoms with E-state index in [1.807, 2.05) is 24.3 Å². The van der Waals surface area contributed by atoms with Crippen LogP contribution in [0.3, 0.4) is 0 Å².